The van der Waals surface area contributed by atoms with Gasteiger partial charge in [-0.25, -0.2) is 0 Å². The number of allylic oxidation sites excluding steroid dienone is 1. The second-order valence-electron chi connectivity index (χ2n) is 7.35. The molecule has 0 unspecified atom stereocenters. The first-order valence-electron chi connectivity index (χ1n) is 8.20. The van der Waals surface area contributed by atoms with Crippen LogP contribution in [0.5, 0.6) is 0 Å². The Morgan fingerprint density at radius 3 is 2.38 bits per heavy atom. The highest BCUT2D eigenvalue weighted by molar-refractivity contribution is 6.65. The Morgan fingerprint density at radius 1 is 1.08 bits per heavy atom. The van der Waals surface area contributed by atoms with E-state index in [2.05, 4.69) is 58.9 Å². The van der Waals surface area contributed by atoms with Gasteiger partial charge < -0.3 is 9.31 Å². The summed E-state index contributed by atoms with van der Waals surface area (Å²) in [5, 5.41) is 11.1. The third-order valence-corrected chi connectivity index (χ3v) is 5.03. The van der Waals surface area contributed by atoms with Crippen molar-refractivity contribution in [3.05, 3.63) is 47.5 Å². The molecule has 1 aliphatic rings. The van der Waals surface area contributed by atoms with Gasteiger partial charge in [-0.05, 0) is 62.5 Å². The van der Waals surface area contributed by atoms with Crippen LogP contribution < -0.4 is 5.46 Å². The van der Waals surface area contributed by atoms with Crippen LogP contribution in [-0.4, -0.2) is 18.3 Å². The van der Waals surface area contributed by atoms with Gasteiger partial charge in [0.25, 0.3) is 0 Å². The zero-order chi connectivity index (χ0) is 17.5. The molecule has 4 heteroatoms. The van der Waals surface area contributed by atoms with Crippen LogP contribution in [0.4, 0.5) is 0 Å². The normalized spacial score (nSPS) is 19.1. The van der Waals surface area contributed by atoms with Gasteiger partial charge in [-0.2, -0.15) is 5.26 Å². The van der Waals surface area contributed by atoms with Crippen molar-refractivity contribution < 1.29 is 9.31 Å². The van der Waals surface area contributed by atoms with Gasteiger partial charge in [0, 0.05) is 6.08 Å². The Labute approximate surface area is 144 Å². The third-order valence-electron chi connectivity index (χ3n) is 5.03. The lowest BCUT2D eigenvalue weighted by molar-refractivity contribution is 0.00578. The molecule has 24 heavy (non-hydrogen) atoms. The number of nitrogens with zero attached hydrogens (tertiary/aromatic N) is 1. The monoisotopic (exact) mass is 319 g/mol. The molecule has 3 nitrogen and oxygen atoms in total. The lowest BCUT2D eigenvalue weighted by atomic mass is 9.74. The van der Waals surface area contributed by atoms with Gasteiger partial charge >= 0.3 is 7.12 Å². The van der Waals surface area contributed by atoms with E-state index in [0.717, 1.165) is 27.4 Å². The number of rotatable bonds is 2. The molecule has 1 saturated heterocycles. The summed E-state index contributed by atoms with van der Waals surface area (Å²) in [4.78, 5) is 0. The van der Waals surface area contributed by atoms with Gasteiger partial charge in [0.2, 0.25) is 0 Å². The van der Waals surface area contributed by atoms with Crippen LogP contribution in [0, 0.1) is 18.3 Å². The first kappa shape index (κ1) is 16.8. The van der Waals surface area contributed by atoms with Gasteiger partial charge in [-0.15, -0.1) is 0 Å². The number of nitriles is 1. The molecule has 1 aliphatic heterocycles. The number of benzene rings is 2. The molecule has 2 aromatic rings. The van der Waals surface area contributed by atoms with Gasteiger partial charge in [-0.1, -0.05) is 35.9 Å². The van der Waals surface area contributed by atoms with E-state index in [0.29, 0.717) is 0 Å². The molecule has 0 aromatic heterocycles. The van der Waals surface area contributed by atoms with Gasteiger partial charge in [-0.3, -0.25) is 0 Å². The van der Waals surface area contributed by atoms with Crippen LogP contribution in [0.3, 0.4) is 0 Å². The Bertz CT molecular complexity index is 846. The maximum Gasteiger partial charge on any atom is 0.495 e. The molecule has 0 saturated carbocycles. The Balaban J connectivity index is 2.21. The zero-order valence-electron chi connectivity index (χ0n) is 14.9. The summed E-state index contributed by atoms with van der Waals surface area (Å²) < 4.78 is 12.5. The highest BCUT2D eigenvalue weighted by Crippen LogP contribution is 2.37. The summed E-state index contributed by atoms with van der Waals surface area (Å²) in [6.07, 6.45) is 3.34. The van der Waals surface area contributed by atoms with Crippen molar-refractivity contribution in [1.29, 1.82) is 5.26 Å². The fraction of sp³-hybridized carbons (Fsp3) is 0.350. The fourth-order valence-electron chi connectivity index (χ4n) is 3.07. The molecule has 0 radical (unpaired) electrons. The number of hydrogen-bond donors (Lipinski definition) is 0. The van der Waals surface area contributed by atoms with E-state index in [4.69, 9.17) is 14.6 Å². The Hall–Kier alpha value is -2.09. The molecular weight excluding hydrogens is 297 g/mol. The molecule has 1 fully saturated rings. The van der Waals surface area contributed by atoms with E-state index in [1.54, 1.807) is 0 Å². The molecule has 0 atom stereocenters. The largest absolute Gasteiger partial charge is 0.495 e. The van der Waals surface area contributed by atoms with Gasteiger partial charge in [0.1, 0.15) is 0 Å². The van der Waals surface area contributed by atoms with E-state index in [-0.39, 0.29) is 11.2 Å². The predicted molar refractivity (Wildman–Crippen MR) is 99.0 cm³/mol. The van der Waals surface area contributed by atoms with Crippen molar-refractivity contribution in [2.45, 2.75) is 45.8 Å². The van der Waals surface area contributed by atoms with E-state index in [1.165, 1.54) is 6.08 Å². The zero-order valence-corrected chi connectivity index (χ0v) is 14.9. The summed E-state index contributed by atoms with van der Waals surface area (Å²) in [5.41, 5.74) is 2.41. The predicted octanol–water partition coefficient (Wildman–Crippen LogP) is 3.98. The minimum absolute atomic E-state index is 0.384. The van der Waals surface area contributed by atoms with Crippen molar-refractivity contribution in [3.8, 4) is 6.07 Å². The maximum atomic E-state index is 8.88. The fourth-order valence-corrected chi connectivity index (χ4v) is 3.07. The van der Waals surface area contributed by atoms with E-state index >= 15 is 0 Å². The number of hydrogen-bond acceptors (Lipinski definition) is 3. The smallest absolute Gasteiger partial charge is 0.399 e. The summed E-state index contributed by atoms with van der Waals surface area (Å²) in [6.45, 7) is 10.3. The second kappa shape index (κ2) is 5.77. The quantitative estimate of drug-likeness (QED) is 0.621. The van der Waals surface area contributed by atoms with Crippen molar-refractivity contribution in [1.82, 2.24) is 0 Å². The number of aryl methyl sites for hydroxylation is 1. The lowest BCUT2D eigenvalue weighted by Gasteiger charge is -2.32. The minimum Gasteiger partial charge on any atom is -0.399 e. The molecule has 0 bridgehead atoms. The molecule has 1 heterocycles. The molecule has 0 N–H and O–H groups in total. The average molecular weight is 319 g/mol. The van der Waals surface area contributed by atoms with Crippen LogP contribution in [0.2, 0.25) is 0 Å². The third kappa shape index (κ3) is 2.75. The molecule has 0 aliphatic carbocycles. The van der Waals surface area contributed by atoms with E-state index in [9.17, 15) is 0 Å². The highest BCUT2D eigenvalue weighted by Gasteiger charge is 2.52. The van der Waals surface area contributed by atoms with Crippen LogP contribution in [0.25, 0.3) is 16.8 Å². The topological polar surface area (TPSA) is 42.2 Å². The summed E-state index contributed by atoms with van der Waals surface area (Å²) in [6, 6.07) is 12.4. The van der Waals surface area contributed by atoms with E-state index < -0.39 is 7.12 Å². The van der Waals surface area contributed by atoms with Crippen LogP contribution in [-0.2, 0) is 9.31 Å². The van der Waals surface area contributed by atoms with Crippen molar-refractivity contribution >= 4 is 29.4 Å². The number of fused-ring (bicyclic) bond motifs is 1. The Kier molecular flexibility index (Phi) is 4.03. The van der Waals surface area contributed by atoms with Gasteiger partial charge in [0.05, 0.1) is 17.3 Å². The van der Waals surface area contributed by atoms with Crippen molar-refractivity contribution in [3.63, 3.8) is 0 Å². The molecular formula is C20H22BNO2. The highest BCUT2D eigenvalue weighted by atomic mass is 16.7. The molecule has 0 amide bonds. The van der Waals surface area contributed by atoms with Crippen molar-refractivity contribution in [2.75, 3.05) is 0 Å². The molecule has 0 spiro atoms. The summed E-state index contributed by atoms with van der Waals surface area (Å²) >= 11 is 0. The van der Waals surface area contributed by atoms with Crippen molar-refractivity contribution in [2.24, 2.45) is 0 Å². The van der Waals surface area contributed by atoms with Crippen LogP contribution >= 0.6 is 0 Å². The van der Waals surface area contributed by atoms with Crippen LogP contribution in [0.15, 0.2) is 36.4 Å². The SMILES string of the molecule is Cc1cc(B2OC(C)(C)C(C)(C)O2)c2c(/C=C/C#N)cccc2c1. The second-order valence-corrected chi connectivity index (χ2v) is 7.35. The van der Waals surface area contributed by atoms with E-state index in [1.807, 2.05) is 18.2 Å². The summed E-state index contributed by atoms with van der Waals surface area (Å²) in [5.74, 6) is 0. The lowest BCUT2D eigenvalue weighted by Crippen LogP contribution is -2.41. The first-order chi connectivity index (χ1) is 11.2. The molecule has 2 aromatic carbocycles. The van der Waals surface area contributed by atoms with Gasteiger partial charge in [0.15, 0.2) is 0 Å². The average Bonchev–Trinajstić information content (AvgIpc) is 2.72. The summed E-state index contributed by atoms with van der Waals surface area (Å²) in [7, 11) is -0.422. The molecule has 3 rings (SSSR count). The standard InChI is InChI=1S/C20H22BNO2/c1-14-12-16-9-6-8-15(10-7-11-22)18(16)17(13-14)21-23-19(2,3)20(4,5)24-21/h6-10,12-13H,1-5H3/b10-7+. The minimum atomic E-state index is -0.422. The Morgan fingerprint density at radius 2 is 1.75 bits per heavy atom. The maximum absolute atomic E-state index is 8.88. The van der Waals surface area contributed by atoms with Crippen LogP contribution in [0.1, 0.15) is 38.8 Å². The first-order valence-corrected chi connectivity index (χ1v) is 8.20. The molecule has 122 valence electrons.